The minimum absolute atomic E-state index is 0.0756. The third-order valence-electron chi connectivity index (χ3n) is 3.58. The molecular formula is C19H21N3O4. The Balaban J connectivity index is 1.93. The Kier molecular flexibility index (Phi) is 6.84. The number of amides is 1. The fourth-order valence-corrected chi connectivity index (χ4v) is 2.10. The number of carbonyl (C=O) groups excluding carboxylic acids is 1. The van der Waals surface area contributed by atoms with Gasteiger partial charge < -0.3 is 4.74 Å². The van der Waals surface area contributed by atoms with Crippen LogP contribution in [0, 0.1) is 16.0 Å². The number of para-hydroxylation sites is 1. The van der Waals surface area contributed by atoms with Crippen LogP contribution in [0.25, 0.3) is 0 Å². The van der Waals surface area contributed by atoms with Gasteiger partial charge >= 0.3 is 0 Å². The minimum atomic E-state index is -0.499. The van der Waals surface area contributed by atoms with Crippen LogP contribution in [-0.2, 0) is 0 Å². The molecule has 0 bridgehead atoms. The van der Waals surface area contributed by atoms with Gasteiger partial charge in [-0.3, -0.25) is 14.9 Å². The summed E-state index contributed by atoms with van der Waals surface area (Å²) in [6.07, 6.45) is 2.21. The summed E-state index contributed by atoms with van der Waals surface area (Å²) in [5, 5.41) is 14.7. The van der Waals surface area contributed by atoms with E-state index in [1.807, 2.05) is 0 Å². The van der Waals surface area contributed by atoms with Crippen molar-refractivity contribution < 1.29 is 14.5 Å². The van der Waals surface area contributed by atoms with Crippen molar-refractivity contribution in [1.82, 2.24) is 5.43 Å². The summed E-state index contributed by atoms with van der Waals surface area (Å²) in [7, 11) is 0. The molecule has 0 aliphatic heterocycles. The summed E-state index contributed by atoms with van der Waals surface area (Å²) in [4.78, 5) is 22.5. The molecule has 0 aliphatic carbocycles. The fourth-order valence-electron chi connectivity index (χ4n) is 2.10. The van der Waals surface area contributed by atoms with Crippen LogP contribution in [-0.4, -0.2) is 23.7 Å². The van der Waals surface area contributed by atoms with Crippen molar-refractivity contribution in [2.24, 2.45) is 11.0 Å². The van der Waals surface area contributed by atoms with E-state index in [1.165, 1.54) is 12.3 Å². The van der Waals surface area contributed by atoms with Crippen LogP contribution in [0.1, 0.15) is 36.2 Å². The predicted molar refractivity (Wildman–Crippen MR) is 99.5 cm³/mol. The molecule has 0 aliphatic rings. The van der Waals surface area contributed by atoms with Crippen molar-refractivity contribution >= 4 is 17.8 Å². The largest absolute Gasteiger partial charge is 0.494 e. The Morgan fingerprint density at radius 1 is 1.23 bits per heavy atom. The molecule has 0 unspecified atom stereocenters. The predicted octanol–water partition coefficient (Wildman–Crippen LogP) is 3.78. The third kappa shape index (κ3) is 5.70. The number of hydrogen-bond acceptors (Lipinski definition) is 5. The second kappa shape index (κ2) is 9.31. The van der Waals surface area contributed by atoms with E-state index < -0.39 is 10.8 Å². The van der Waals surface area contributed by atoms with Crippen LogP contribution >= 0.6 is 0 Å². The number of nitrogens with one attached hydrogen (secondary N) is 1. The Hall–Kier alpha value is -3.22. The Bertz CT molecular complexity index is 786. The molecule has 136 valence electrons. The van der Waals surface area contributed by atoms with Crippen molar-refractivity contribution in [3.05, 3.63) is 69.8 Å². The number of nitrogens with zero attached hydrogens (tertiary/aromatic N) is 2. The summed E-state index contributed by atoms with van der Waals surface area (Å²) >= 11 is 0. The molecule has 0 spiro atoms. The molecule has 7 heteroatoms. The topological polar surface area (TPSA) is 93.8 Å². The summed E-state index contributed by atoms with van der Waals surface area (Å²) in [6, 6.07) is 12.9. The van der Waals surface area contributed by atoms with Crippen molar-refractivity contribution in [3.8, 4) is 5.75 Å². The van der Waals surface area contributed by atoms with Crippen LogP contribution in [0.2, 0.25) is 0 Å². The lowest BCUT2D eigenvalue weighted by molar-refractivity contribution is -0.385. The SMILES string of the molecule is CC(C)CCOc1ccc(C(=O)N/N=C\c2ccccc2[N+](=O)[O-])cc1. The van der Waals surface area contributed by atoms with Gasteiger partial charge in [0.25, 0.3) is 11.6 Å². The Labute approximate surface area is 151 Å². The van der Waals surface area contributed by atoms with E-state index in [2.05, 4.69) is 24.4 Å². The second-order valence-corrected chi connectivity index (χ2v) is 6.07. The number of hydrazone groups is 1. The lowest BCUT2D eigenvalue weighted by Gasteiger charge is -2.08. The van der Waals surface area contributed by atoms with Gasteiger partial charge in [-0.05, 0) is 42.7 Å². The normalized spacial score (nSPS) is 10.9. The number of ether oxygens (including phenoxy) is 1. The zero-order valence-electron chi connectivity index (χ0n) is 14.7. The van der Waals surface area contributed by atoms with E-state index in [0.29, 0.717) is 29.4 Å². The highest BCUT2D eigenvalue weighted by molar-refractivity contribution is 5.95. The average molecular weight is 355 g/mol. The monoisotopic (exact) mass is 355 g/mol. The molecule has 2 aromatic rings. The number of nitro benzene ring substituents is 1. The first-order valence-corrected chi connectivity index (χ1v) is 8.27. The van der Waals surface area contributed by atoms with Gasteiger partial charge in [-0.15, -0.1) is 0 Å². The summed E-state index contributed by atoms with van der Waals surface area (Å²) in [5.41, 5.74) is 3.01. The lowest BCUT2D eigenvalue weighted by atomic mass is 10.1. The minimum Gasteiger partial charge on any atom is -0.494 e. The van der Waals surface area contributed by atoms with E-state index in [4.69, 9.17) is 4.74 Å². The van der Waals surface area contributed by atoms with Crippen LogP contribution < -0.4 is 10.2 Å². The number of nitro groups is 1. The first kappa shape index (κ1) is 19.1. The first-order chi connectivity index (χ1) is 12.5. The van der Waals surface area contributed by atoms with Gasteiger partial charge in [0.1, 0.15) is 5.75 Å². The smallest absolute Gasteiger partial charge is 0.278 e. The molecule has 0 heterocycles. The molecule has 7 nitrogen and oxygen atoms in total. The van der Waals surface area contributed by atoms with Gasteiger partial charge in [-0.1, -0.05) is 26.0 Å². The molecule has 0 aromatic heterocycles. The molecule has 2 aromatic carbocycles. The van der Waals surface area contributed by atoms with Crippen LogP contribution in [0.3, 0.4) is 0 Å². The molecule has 0 saturated carbocycles. The highest BCUT2D eigenvalue weighted by Crippen LogP contribution is 2.15. The highest BCUT2D eigenvalue weighted by atomic mass is 16.6. The van der Waals surface area contributed by atoms with Crippen molar-refractivity contribution in [2.75, 3.05) is 6.61 Å². The van der Waals surface area contributed by atoms with Crippen LogP contribution in [0.15, 0.2) is 53.6 Å². The van der Waals surface area contributed by atoms with E-state index in [0.717, 1.165) is 6.42 Å². The van der Waals surface area contributed by atoms with Crippen LogP contribution in [0.4, 0.5) is 5.69 Å². The lowest BCUT2D eigenvalue weighted by Crippen LogP contribution is -2.17. The van der Waals surface area contributed by atoms with Gasteiger partial charge in [-0.2, -0.15) is 5.10 Å². The zero-order chi connectivity index (χ0) is 18.9. The number of benzene rings is 2. The maximum absolute atomic E-state index is 12.1. The van der Waals surface area contributed by atoms with Gasteiger partial charge in [0.2, 0.25) is 0 Å². The van der Waals surface area contributed by atoms with Gasteiger partial charge in [0, 0.05) is 11.6 Å². The summed E-state index contributed by atoms with van der Waals surface area (Å²) < 4.78 is 5.60. The molecule has 1 N–H and O–H groups in total. The molecule has 0 fully saturated rings. The Morgan fingerprint density at radius 3 is 2.58 bits per heavy atom. The van der Waals surface area contributed by atoms with Crippen molar-refractivity contribution in [3.63, 3.8) is 0 Å². The summed E-state index contributed by atoms with van der Waals surface area (Å²) in [6.45, 7) is 4.88. The van der Waals surface area contributed by atoms with E-state index in [9.17, 15) is 14.9 Å². The van der Waals surface area contributed by atoms with E-state index in [1.54, 1.807) is 42.5 Å². The number of rotatable bonds is 8. The fraction of sp³-hybridized carbons (Fsp3) is 0.263. The Morgan fingerprint density at radius 2 is 1.92 bits per heavy atom. The maximum atomic E-state index is 12.1. The summed E-state index contributed by atoms with van der Waals surface area (Å²) in [5.74, 6) is 0.859. The third-order valence-corrected chi connectivity index (χ3v) is 3.58. The molecule has 0 atom stereocenters. The van der Waals surface area contributed by atoms with E-state index >= 15 is 0 Å². The van der Waals surface area contributed by atoms with Crippen molar-refractivity contribution in [2.45, 2.75) is 20.3 Å². The number of carbonyl (C=O) groups is 1. The molecule has 0 saturated heterocycles. The molecule has 0 radical (unpaired) electrons. The highest BCUT2D eigenvalue weighted by Gasteiger charge is 2.10. The molecule has 26 heavy (non-hydrogen) atoms. The second-order valence-electron chi connectivity index (χ2n) is 6.07. The first-order valence-electron chi connectivity index (χ1n) is 8.27. The molecule has 1 amide bonds. The van der Waals surface area contributed by atoms with E-state index in [-0.39, 0.29) is 5.69 Å². The van der Waals surface area contributed by atoms with Gasteiger partial charge in [0.05, 0.1) is 23.3 Å². The van der Waals surface area contributed by atoms with Crippen LogP contribution in [0.5, 0.6) is 5.75 Å². The molecule has 2 rings (SSSR count). The maximum Gasteiger partial charge on any atom is 0.278 e. The zero-order valence-corrected chi connectivity index (χ0v) is 14.7. The molecular weight excluding hydrogens is 334 g/mol. The van der Waals surface area contributed by atoms with Gasteiger partial charge in [0.15, 0.2) is 0 Å². The average Bonchev–Trinajstić information content (AvgIpc) is 2.62. The van der Waals surface area contributed by atoms with Gasteiger partial charge in [-0.25, -0.2) is 5.43 Å². The van der Waals surface area contributed by atoms with Crippen molar-refractivity contribution in [1.29, 1.82) is 0 Å². The number of hydrogen-bond donors (Lipinski definition) is 1. The quantitative estimate of drug-likeness (QED) is 0.443. The standard InChI is InChI=1S/C19H21N3O4/c1-14(2)11-12-26-17-9-7-15(8-10-17)19(23)21-20-13-16-5-3-4-6-18(16)22(24)25/h3-10,13-14H,11-12H2,1-2H3,(H,21,23)/b20-13-.